The lowest BCUT2D eigenvalue weighted by molar-refractivity contribution is -0.137. The van der Waals surface area contributed by atoms with Gasteiger partial charge in [-0.1, -0.05) is 19.2 Å². The molecule has 0 bridgehead atoms. The molecule has 0 radical (unpaired) electrons. The Hall–Kier alpha value is -2.10. The van der Waals surface area contributed by atoms with Crippen LogP contribution < -0.4 is 0 Å². The van der Waals surface area contributed by atoms with Crippen LogP contribution >= 0.6 is 0 Å². The molecule has 4 nitrogen and oxygen atoms in total. The maximum atomic E-state index is 10.7. The number of hydrogen-bond acceptors (Lipinski definition) is 4. The Kier molecular flexibility index (Phi) is 15.1. The lowest BCUT2D eigenvalue weighted by Crippen LogP contribution is -2.06. The monoisotopic (exact) mass is 280 g/mol. The summed E-state index contributed by atoms with van der Waals surface area (Å²) in [7, 11) is 1.31. The zero-order chi connectivity index (χ0) is 15.8. The van der Waals surface area contributed by atoms with E-state index >= 15 is 0 Å². The van der Waals surface area contributed by atoms with E-state index < -0.39 is 5.97 Å². The van der Waals surface area contributed by atoms with Gasteiger partial charge in [0.2, 0.25) is 0 Å². The Morgan fingerprint density at radius 2 is 1.80 bits per heavy atom. The molecule has 0 aliphatic heterocycles. The van der Waals surface area contributed by atoms with E-state index in [-0.39, 0.29) is 5.97 Å². The Morgan fingerprint density at radius 1 is 1.20 bits per heavy atom. The predicted octanol–water partition coefficient (Wildman–Crippen LogP) is 3.36. The van der Waals surface area contributed by atoms with Crippen LogP contribution in [0.3, 0.4) is 0 Å². The van der Waals surface area contributed by atoms with Gasteiger partial charge >= 0.3 is 11.9 Å². The second kappa shape index (κ2) is 15.0. The molecular weight excluding hydrogens is 256 g/mol. The molecule has 0 saturated carbocycles. The number of allylic oxidation sites excluding steroid dienone is 1. The molecule has 0 saturated heterocycles. The van der Waals surface area contributed by atoms with E-state index in [2.05, 4.69) is 37.1 Å². The van der Waals surface area contributed by atoms with Gasteiger partial charge in [-0.2, -0.15) is 0 Å². The Bertz CT molecular complexity index is 342. The third kappa shape index (κ3) is 12.4. The Labute approximate surface area is 121 Å². The van der Waals surface area contributed by atoms with Crippen molar-refractivity contribution in [2.75, 3.05) is 13.7 Å². The van der Waals surface area contributed by atoms with Gasteiger partial charge in [0.15, 0.2) is 0 Å². The molecule has 20 heavy (non-hydrogen) atoms. The predicted molar refractivity (Wildman–Crippen MR) is 81.2 cm³/mol. The molecule has 1 aliphatic rings. The van der Waals surface area contributed by atoms with E-state index in [4.69, 9.17) is 4.74 Å². The minimum Gasteiger partial charge on any atom is -0.466 e. The topological polar surface area (TPSA) is 52.6 Å². The highest BCUT2D eigenvalue weighted by Crippen LogP contribution is 2.17. The van der Waals surface area contributed by atoms with Crippen LogP contribution in [0, 0.1) is 0 Å². The zero-order valence-corrected chi connectivity index (χ0v) is 12.2. The largest absolute Gasteiger partial charge is 0.466 e. The molecule has 0 spiro atoms. The molecular formula is C16H24O4. The first-order chi connectivity index (χ1) is 9.63. The minimum absolute atomic E-state index is 0.332. The zero-order valence-electron chi connectivity index (χ0n) is 12.2. The summed E-state index contributed by atoms with van der Waals surface area (Å²) in [6.45, 7) is 12.9. The average Bonchev–Trinajstić information content (AvgIpc) is 2.55. The van der Waals surface area contributed by atoms with E-state index in [9.17, 15) is 9.59 Å². The maximum absolute atomic E-state index is 10.7. The van der Waals surface area contributed by atoms with Gasteiger partial charge in [-0.25, -0.2) is 9.59 Å². The van der Waals surface area contributed by atoms with Crippen molar-refractivity contribution in [2.45, 2.75) is 25.7 Å². The fourth-order valence-electron chi connectivity index (χ4n) is 1.34. The normalized spacial score (nSPS) is 12.2. The lowest BCUT2D eigenvalue weighted by atomic mass is 10.0. The van der Waals surface area contributed by atoms with Crippen LogP contribution in [0.15, 0.2) is 50.1 Å². The fraction of sp³-hybridized carbons (Fsp3) is 0.375. The molecule has 0 N–H and O–H groups in total. The second-order valence-corrected chi connectivity index (χ2v) is 3.65. The number of methoxy groups -OCH3 is 1. The highest BCUT2D eigenvalue weighted by molar-refractivity contribution is 5.81. The minimum atomic E-state index is -0.394. The molecule has 4 heteroatoms. The first-order valence-electron chi connectivity index (χ1n) is 6.31. The molecule has 112 valence electrons. The number of ether oxygens (including phenoxy) is 2. The third-order valence-corrected chi connectivity index (χ3v) is 2.32. The molecule has 0 heterocycles. The number of carbonyl (C=O) groups is 2. The van der Waals surface area contributed by atoms with Gasteiger partial charge in [0, 0.05) is 12.2 Å². The number of hydrogen-bond donors (Lipinski definition) is 0. The van der Waals surface area contributed by atoms with E-state index in [0.717, 1.165) is 18.9 Å². The van der Waals surface area contributed by atoms with Gasteiger partial charge in [0.25, 0.3) is 0 Å². The Morgan fingerprint density at radius 3 is 2.15 bits per heavy atom. The van der Waals surface area contributed by atoms with Crippen molar-refractivity contribution in [3.8, 4) is 0 Å². The second-order valence-electron chi connectivity index (χ2n) is 3.65. The van der Waals surface area contributed by atoms with Crippen molar-refractivity contribution in [3.05, 3.63) is 50.1 Å². The van der Waals surface area contributed by atoms with Crippen molar-refractivity contribution < 1.29 is 19.1 Å². The summed E-state index contributed by atoms with van der Waals surface area (Å²) < 4.78 is 9.05. The molecule has 0 amide bonds. The van der Waals surface area contributed by atoms with E-state index in [0.29, 0.717) is 6.61 Å². The van der Waals surface area contributed by atoms with Gasteiger partial charge in [-0.05, 0) is 31.3 Å². The van der Waals surface area contributed by atoms with E-state index in [1.807, 2.05) is 0 Å². The van der Waals surface area contributed by atoms with Gasteiger partial charge < -0.3 is 9.47 Å². The summed E-state index contributed by atoms with van der Waals surface area (Å²) in [6, 6.07) is 0. The third-order valence-electron chi connectivity index (χ3n) is 2.32. The van der Waals surface area contributed by atoms with Gasteiger partial charge in [0.05, 0.1) is 7.11 Å². The number of carbonyl (C=O) groups excluding carboxylic acids is 2. The number of rotatable bonds is 4. The average molecular weight is 280 g/mol. The van der Waals surface area contributed by atoms with Crippen LogP contribution in [0.4, 0.5) is 0 Å². The van der Waals surface area contributed by atoms with Crippen molar-refractivity contribution in [1.29, 1.82) is 0 Å². The van der Waals surface area contributed by atoms with Crippen molar-refractivity contribution in [1.82, 2.24) is 0 Å². The van der Waals surface area contributed by atoms with Crippen LogP contribution in [0.5, 0.6) is 0 Å². The molecule has 0 atom stereocenters. The number of esters is 2. The molecule has 1 rings (SSSR count). The standard InChI is InChI=1S/C10H14O2.C4H6O2.C2H4/c1-2-10(11)12-8-9-6-4-3-5-7-9;1-3-4(5)6-2;1-2/h2,6H,1,3-5,7-8H2;3H,1H2,2H3;1-2H2. The smallest absolute Gasteiger partial charge is 0.330 e. The first kappa shape index (κ1) is 20.2. The molecule has 0 fully saturated rings. The highest BCUT2D eigenvalue weighted by atomic mass is 16.5. The van der Waals surface area contributed by atoms with Crippen LogP contribution in [0.1, 0.15) is 25.7 Å². The van der Waals surface area contributed by atoms with Crippen LogP contribution in [0.2, 0.25) is 0 Å². The van der Waals surface area contributed by atoms with Gasteiger partial charge in [0.1, 0.15) is 6.61 Å². The summed E-state index contributed by atoms with van der Waals surface area (Å²) >= 11 is 0. The summed E-state index contributed by atoms with van der Waals surface area (Å²) in [5, 5.41) is 0. The first-order valence-corrected chi connectivity index (χ1v) is 6.31. The summed E-state index contributed by atoms with van der Waals surface area (Å²) in [4.78, 5) is 20.5. The van der Waals surface area contributed by atoms with Gasteiger partial charge in [-0.3, -0.25) is 0 Å². The van der Waals surface area contributed by atoms with Crippen molar-refractivity contribution in [3.63, 3.8) is 0 Å². The van der Waals surface area contributed by atoms with E-state index in [1.165, 1.54) is 31.6 Å². The van der Waals surface area contributed by atoms with Crippen LogP contribution in [0.25, 0.3) is 0 Å². The molecule has 0 unspecified atom stereocenters. The summed E-state index contributed by atoms with van der Waals surface area (Å²) in [5.74, 6) is -0.725. The Balaban J connectivity index is 0. The summed E-state index contributed by atoms with van der Waals surface area (Å²) in [6.07, 6.45) is 9.16. The fourth-order valence-corrected chi connectivity index (χ4v) is 1.34. The van der Waals surface area contributed by atoms with E-state index in [1.54, 1.807) is 0 Å². The molecule has 1 aliphatic carbocycles. The maximum Gasteiger partial charge on any atom is 0.330 e. The van der Waals surface area contributed by atoms with Crippen molar-refractivity contribution >= 4 is 11.9 Å². The van der Waals surface area contributed by atoms with Crippen LogP contribution in [-0.2, 0) is 19.1 Å². The molecule has 0 aromatic carbocycles. The quantitative estimate of drug-likeness (QED) is 0.450. The molecule has 0 aromatic rings. The molecule has 0 aromatic heterocycles. The van der Waals surface area contributed by atoms with Crippen molar-refractivity contribution in [2.24, 2.45) is 0 Å². The van der Waals surface area contributed by atoms with Crippen LogP contribution in [-0.4, -0.2) is 25.7 Å². The SMILES string of the molecule is C=C.C=CC(=O)OC.C=CC(=O)OCC1=CCCCC1. The lowest BCUT2D eigenvalue weighted by Gasteiger charge is -2.11. The summed E-state index contributed by atoms with van der Waals surface area (Å²) in [5.41, 5.74) is 1.25. The van der Waals surface area contributed by atoms with Gasteiger partial charge in [-0.15, -0.1) is 13.2 Å². The highest BCUT2D eigenvalue weighted by Gasteiger charge is 2.04.